The molecule has 150 valence electrons. The average molecular weight is 388 g/mol. The molecule has 4 rings (SSSR count). The smallest absolute Gasteiger partial charge is 0.341 e. The fraction of sp³-hybridized carbons (Fsp3) is 0.550. The zero-order valence-electron chi connectivity index (χ0n) is 16.5. The second kappa shape index (κ2) is 5.76. The molecule has 0 spiro atoms. The predicted octanol–water partition coefficient (Wildman–Crippen LogP) is 2.16. The van der Waals surface area contributed by atoms with Crippen LogP contribution in [0.3, 0.4) is 0 Å². The van der Waals surface area contributed by atoms with Crippen LogP contribution in [0.25, 0.3) is 11.0 Å². The minimum absolute atomic E-state index is 0.0267. The van der Waals surface area contributed by atoms with Crippen molar-refractivity contribution in [3.8, 4) is 0 Å². The van der Waals surface area contributed by atoms with Gasteiger partial charge in [-0.05, 0) is 44.6 Å². The molecule has 3 N–H and O–H groups in total. The Morgan fingerprint density at radius 2 is 2.11 bits per heavy atom. The van der Waals surface area contributed by atoms with Gasteiger partial charge < -0.3 is 20.3 Å². The van der Waals surface area contributed by atoms with Crippen molar-refractivity contribution in [2.75, 3.05) is 18.0 Å². The molecule has 3 heterocycles. The monoisotopic (exact) mass is 388 g/mol. The van der Waals surface area contributed by atoms with Gasteiger partial charge in [0.1, 0.15) is 11.2 Å². The Morgan fingerprint density at radius 3 is 2.64 bits per heavy atom. The van der Waals surface area contributed by atoms with E-state index in [1.54, 1.807) is 4.57 Å². The average Bonchev–Trinajstić information content (AvgIpc) is 2.84. The van der Waals surface area contributed by atoms with Crippen LogP contribution in [0.1, 0.15) is 44.5 Å². The van der Waals surface area contributed by atoms with E-state index >= 15 is 0 Å². The molecule has 3 atom stereocenters. The number of hydrogen-bond acceptors (Lipinski definition) is 5. The molecule has 0 bridgehead atoms. The van der Waals surface area contributed by atoms with E-state index in [-0.39, 0.29) is 28.3 Å². The van der Waals surface area contributed by atoms with E-state index in [1.807, 2.05) is 25.7 Å². The number of nitrogens with two attached hydrogens (primary N) is 1. The molecule has 2 aromatic heterocycles. The third-order valence-corrected chi connectivity index (χ3v) is 6.25. The summed E-state index contributed by atoms with van der Waals surface area (Å²) in [5.74, 6) is -1.47. The number of aromatic carboxylic acids is 1. The number of hydrogen-bond donors (Lipinski definition) is 2. The first-order valence-electron chi connectivity index (χ1n) is 9.42. The van der Waals surface area contributed by atoms with E-state index in [0.717, 1.165) is 12.5 Å². The molecule has 1 saturated heterocycles. The maximum atomic E-state index is 15.0. The fourth-order valence-electron chi connectivity index (χ4n) is 4.73. The summed E-state index contributed by atoms with van der Waals surface area (Å²) in [4.78, 5) is 30.5. The van der Waals surface area contributed by atoms with Crippen molar-refractivity contribution in [3.05, 3.63) is 33.9 Å². The highest BCUT2D eigenvalue weighted by atomic mass is 19.1. The summed E-state index contributed by atoms with van der Waals surface area (Å²) in [7, 11) is 0. The van der Waals surface area contributed by atoms with Crippen LogP contribution in [0, 0.1) is 17.2 Å². The van der Waals surface area contributed by atoms with Gasteiger partial charge in [-0.15, -0.1) is 0 Å². The van der Waals surface area contributed by atoms with Gasteiger partial charge in [0.25, 0.3) is 0 Å². The van der Waals surface area contributed by atoms with Gasteiger partial charge in [0, 0.05) is 30.9 Å². The van der Waals surface area contributed by atoms with Crippen molar-refractivity contribution in [2.45, 2.75) is 45.7 Å². The maximum absolute atomic E-state index is 15.0. The van der Waals surface area contributed by atoms with Crippen LogP contribution >= 0.6 is 0 Å². The molecular formula is C20H25FN4O3. The largest absolute Gasteiger partial charge is 0.477 e. The Kier molecular flexibility index (Phi) is 3.88. The SMILES string of the molecule is CC(C)(C)n1cc(C(=O)O)c(=O)c2cc(F)c(N3C[C@H]4[C@@H](N)C[C@]4(C)C3)nc21. The molecule has 28 heavy (non-hydrogen) atoms. The van der Waals surface area contributed by atoms with E-state index in [4.69, 9.17) is 5.73 Å². The lowest BCUT2D eigenvalue weighted by Gasteiger charge is -2.46. The second-order valence-electron chi connectivity index (χ2n) is 9.39. The van der Waals surface area contributed by atoms with Crippen LogP contribution in [0.15, 0.2) is 17.1 Å². The Bertz CT molecular complexity index is 1060. The van der Waals surface area contributed by atoms with Gasteiger partial charge in [0.05, 0.1) is 5.39 Å². The van der Waals surface area contributed by atoms with E-state index in [1.165, 1.54) is 6.20 Å². The quantitative estimate of drug-likeness (QED) is 0.818. The van der Waals surface area contributed by atoms with Crippen molar-refractivity contribution in [3.63, 3.8) is 0 Å². The molecular weight excluding hydrogens is 363 g/mol. The Balaban J connectivity index is 1.92. The lowest BCUT2D eigenvalue weighted by molar-refractivity contribution is 0.0694. The highest BCUT2D eigenvalue weighted by Crippen LogP contribution is 2.51. The van der Waals surface area contributed by atoms with Crippen LogP contribution < -0.4 is 16.1 Å². The molecule has 2 aromatic rings. The van der Waals surface area contributed by atoms with Crippen molar-refractivity contribution in [1.29, 1.82) is 0 Å². The third kappa shape index (κ3) is 2.62. The summed E-state index contributed by atoms with van der Waals surface area (Å²) >= 11 is 0. The van der Waals surface area contributed by atoms with Crippen LogP contribution in [-0.4, -0.2) is 39.8 Å². The van der Waals surface area contributed by atoms with Gasteiger partial charge in [-0.25, -0.2) is 14.2 Å². The molecule has 0 unspecified atom stereocenters. The minimum atomic E-state index is -1.34. The second-order valence-corrected chi connectivity index (χ2v) is 9.39. The number of pyridine rings is 2. The van der Waals surface area contributed by atoms with Crippen molar-refractivity contribution < 1.29 is 14.3 Å². The number of nitrogens with zero attached hydrogens (tertiary/aromatic N) is 3. The van der Waals surface area contributed by atoms with Gasteiger partial charge >= 0.3 is 5.97 Å². The molecule has 0 radical (unpaired) electrons. The summed E-state index contributed by atoms with van der Waals surface area (Å²) in [5, 5.41) is 9.36. The topological polar surface area (TPSA) is 101 Å². The molecule has 2 fully saturated rings. The number of carboxylic acid groups (broad SMARTS) is 1. The van der Waals surface area contributed by atoms with E-state index in [0.29, 0.717) is 19.0 Å². The first kappa shape index (κ1) is 18.9. The van der Waals surface area contributed by atoms with Gasteiger partial charge in [-0.3, -0.25) is 4.79 Å². The molecule has 2 aliphatic rings. The summed E-state index contributed by atoms with van der Waals surface area (Å²) in [6, 6.07) is 1.24. The first-order valence-corrected chi connectivity index (χ1v) is 9.42. The van der Waals surface area contributed by atoms with Gasteiger partial charge in [-0.1, -0.05) is 6.92 Å². The molecule has 1 aliphatic heterocycles. The standard InChI is InChI=1S/C20H25FN4O3/c1-19(2,3)25-7-11(18(27)28)15(26)10-5-13(21)17(23-16(10)25)24-8-12-14(22)6-20(12,4)9-24/h5,7,12,14H,6,8-9,22H2,1-4H3,(H,27,28)/t12-,14-,20+/m0/s1. The number of anilines is 1. The lowest BCUT2D eigenvalue weighted by atomic mass is 9.60. The van der Waals surface area contributed by atoms with E-state index < -0.39 is 28.3 Å². The van der Waals surface area contributed by atoms with Crippen LogP contribution in [0.5, 0.6) is 0 Å². The number of carboxylic acids is 1. The molecule has 8 heteroatoms. The predicted molar refractivity (Wildman–Crippen MR) is 104 cm³/mol. The number of halogens is 1. The Morgan fingerprint density at radius 1 is 1.43 bits per heavy atom. The summed E-state index contributed by atoms with van der Waals surface area (Å²) < 4.78 is 16.6. The highest BCUT2D eigenvalue weighted by Gasteiger charge is 2.55. The van der Waals surface area contributed by atoms with E-state index in [9.17, 15) is 19.1 Å². The zero-order valence-corrected chi connectivity index (χ0v) is 16.5. The van der Waals surface area contributed by atoms with Crippen LogP contribution in [0.2, 0.25) is 0 Å². The number of fused-ring (bicyclic) bond motifs is 2. The number of carbonyl (C=O) groups is 1. The third-order valence-electron chi connectivity index (χ3n) is 6.25. The Labute approximate surface area is 162 Å². The Hall–Kier alpha value is -2.48. The molecule has 1 saturated carbocycles. The fourth-order valence-corrected chi connectivity index (χ4v) is 4.73. The summed E-state index contributed by atoms with van der Waals surface area (Å²) in [6.07, 6.45) is 2.20. The van der Waals surface area contributed by atoms with Crippen LogP contribution in [0.4, 0.5) is 10.2 Å². The van der Waals surface area contributed by atoms with Crippen LogP contribution in [-0.2, 0) is 5.54 Å². The summed E-state index contributed by atoms with van der Waals surface area (Å²) in [6.45, 7) is 9.08. The maximum Gasteiger partial charge on any atom is 0.341 e. The first-order chi connectivity index (χ1) is 12.9. The minimum Gasteiger partial charge on any atom is -0.477 e. The normalized spacial score (nSPS) is 27.0. The van der Waals surface area contributed by atoms with Crippen molar-refractivity contribution >= 4 is 22.8 Å². The highest BCUT2D eigenvalue weighted by molar-refractivity contribution is 5.92. The molecule has 1 aliphatic carbocycles. The summed E-state index contributed by atoms with van der Waals surface area (Å²) in [5.41, 5.74) is 4.80. The number of rotatable bonds is 2. The lowest BCUT2D eigenvalue weighted by Crippen LogP contribution is -2.53. The van der Waals surface area contributed by atoms with Gasteiger partial charge in [0.15, 0.2) is 11.6 Å². The van der Waals surface area contributed by atoms with Gasteiger partial charge in [-0.2, -0.15) is 0 Å². The van der Waals surface area contributed by atoms with Crippen molar-refractivity contribution in [1.82, 2.24) is 9.55 Å². The molecule has 0 aromatic carbocycles. The van der Waals surface area contributed by atoms with E-state index in [2.05, 4.69) is 11.9 Å². The zero-order chi connectivity index (χ0) is 20.6. The molecule has 7 nitrogen and oxygen atoms in total. The number of aromatic nitrogens is 2. The van der Waals surface area contributed by atoms with Gasteiger partial charge in [0.2, 0.25) is 5.43 Å². The van der Waals surface area contributed by atoms with Crippen molar-refractivity contribution in [2.24, 2.45) is 17.1 Å². The molecule has 0 amide bonds.